The molecule has 1 aliphatic heterocycles. The first kappa shape index (κ1) is 14.8. The van der Waals surface area contributed by atoms with Gasteiger partial charge in [-0.1, -0.05) is 12.1 Å². The third-order valence-corrected chi connectivity index (χ3v) is 3.88. The summed E-state index contributed by atoms with van der Waals surface area (Å²) < 4.78 is 5.75. The molecule has 1 aromatic rings. The van der Waals surface area contributed by atoms with Gasteiger partial charge in [0.15, 0.2) is 0 Å². The third kappa shape index (κ3) is 3.96. The molecule has 0 bridgehead atoms. The number of hydrogen-bond donors (Lipinski definition) is 0. The van der Waals surface area contributed by atoms with Gasteiger partial charge in [0.2, 0.25) is 0 Å². The lowest BCUT2D eigenvalue weighted by molar-refractivity contribution is 0.117. The first-order valence-electron chi connectivity index (χ1n) is 7.21. The van der Waals surface area contributed by atoms with Gasteiger partial charge in [-0.3, -0.25) is 4.90 Å². The second-order valence-corrected chi connectivity index (χ2v) is 5.52. The topological polar surface area (TPSA) is 39.5 Å². The maximum absolute atomic E-state index is 9.02. The Balaban J connectivity index is 1.80. The van der Waals surface area contributed by atoms with Crippen molar-refractivity contribution in [1.82, 2.24) is 9.80 Å². The Labute approximate surface area is 121 Å². The van der Waals surface area contributed by atoms with Crippen LogP contribution in [0.2, 0.25) is 0 Å². The van der Waals surface area contributed by atoms with Gasteiger partial charge in [0.1, 0.15) is 18.4 Å². The van der Waals surface area contributed by atoms with Crippen molar-refractivity contribution in [2.45, 2.75) is 18.9 Å². The molecule has 4 nitrogen and oxygen atoms in total. The highest BCUT2D eigenvalue weighted by Gasteiger charge is 2.20. The van der Waals surface area contributed by atoms with Crippen molar-refractivity contribution < 1.29 is 4.74 Å². The fourth-order valence-electron chi connectivity index (χ4n) is 2.63. The number of piperidine rings is 1. The molecule has 2 rings (SSSR count). The lowest BCUT2D eigenvalue weighted by Gasteiger charge is -2.36. The number of ether oxygens (including phenoxy) is 1. The van der Waals surface area contributed by atoms with Crippen molar-refractivity contribution in [3.63, 3.8) is 0 Å². The highest BCUT2D eigenvalue weighted by Crippen LogP contribution is 2.17. The monoisotopic (exact) mass is 273 g/mol. The van der Waals surface area contributed by atoms with Crippen LogP contribution in [0.5, 0.6) is 5.75 Å². The highest BCUT2D eigenvalue weighted by molar-refractivity contribution is 5.42. The van der Waals surface area contributed by atoms with E-state index < -0.39 is 0 Å². The van der Waals surface area contributed by atoms with Crippen LogP contribution in [0, 0.1) is 11.3 Å². The van der Waals surface area contributed by atoms with Gasteiger partial charge in [-0.05, 0) is 45.6 Å². The van der Waals surface area contributed by atoms with Crippen LogP contribution in [-0.2, 0) is 0 Å². The molecule has 1 unspecified atom stereocenters. The van der Waals surface area contributed by atoms with Crippen LogP contribution >= 0.6 is 0 Å². The molecule has 1 saturated heterocycles. The summed E-state index contributed by atoms with van der Waals surface area (Å²) in [6.07, 6.45) is 2.53. The van der Waals surface area contributed by atoms with E-state index in [1.165, 1.54) is 12.8 Å². The maximum Gasteiger partial charge on any atom is 0.137 e. The number of hydrogen-bond acceptors (Lipinski definition) is 4. The van der Waals surface area contributed by atoms with Gasteiger partial charge >= 0.3 is 0 Å². The molecule has 1 aliphatic rings. The van der Waals surface area contributed by atoms with Crippen molar-refractivity contribution in [1.29, 1.82) is 5.26 Å². The smallest absolute Gasteiger partial charge is 0.137 e. The normalized spacial score (nSPS) is 19.8. The van der Waals surface area contributed by atoms with Gasteiger partial charge in [-0.25, -0.2) is 0 Å². The minimum atomic E-state index is 0.609. The second-order valence-electron chi connectivity index (χ2n) is 5.52. The van der Waals surface area contributed by atoms with E-state index in [-0.39, 0.29) is 0 Å². The molecule has 1 atom stereocenters. The standard InChI is InChI=1S/C16H23N3O/c1-18(2)15-7-5-9-19(13-15)10-11-20-16-8-4-3-6-14(16)12-17/h3-4,6,8,15H,5,7,9-11,13H2,1-2H3. The summed E-state index contributed by atoms with van der Waals surface area (Å²) in [5, 5.41) is 9.02. The van der Waals surface area contributed by atoms with Gasteiger partial charge in [0.25, 0.3) is 0 Å². The Kier molecular flexibility index (Phi) is 5.40. The van der Waals surface area contributed by atoms with Crippen molar-refractivity contribution in [3.8, 4) is 11.8 Å². The van der Waals surface area contributed by atoms with Crippen LogP contribution in [0.3, 0.4) is 0 Å². The minimum Gasteiger partial charge on any atom is -0.491 e. The van der Waals surface area contributed by atoms with Crippen molar-refractivity contribution in [2.75, 3.05) is 40.3 Å². The van der Waals surface area contributed by atoms with Crippen LogP contribution in [0.1, 0.15) is 18.4 Å². The average molecular weight is 273 g/mol. The number of rotatable bonds is 5. The molecular weight excluding hydrogens is 250 g/mol. The summed E-state index contributed by atoms with van der Waals surface area (Å²) in [5.74, 6) is 0.691. The Hall–Kier alpha value is -1.57. The zero-order valence-electron chi connectivity index (χ0n) is 12.4. The molecule has 108 valence electrons. The van der Waals surface area contributed by atoms with E-state index >= 15 is 0 Å². The zero-order valence-corrected chi connectivity index (χ0v) is 12.4. The van der Waals surface area contributed by atoms with Crippen LogP contribution in [0.25, 0.3) is 0 Å². The summed E-state index contributed by atoms with van der Waals surface area (Å²) in [5.41, 5.74) is 0.609. The van der Waals surface area contributed by atoms with Crippen LogP contribution < -0.4 is 4.74 Å². The first-order valence-corrected chi connectivity index (χ1v) is 7.21. The molecule has 1 heterocycles. The Morgan fingerprint density at radius 1 is 1.40 bits per heavy atom. The Morgan fingerprint density at radius 2 is 2.20 bits per heavy atom. The quantitative estimate of drug-likeness (QED) is 0.822. The number of likely N-dealkylation sites (tertiary alicyclic amines) is 1. The predicted octanol–water partition coefficient (Wildman–Crippen LogP) is 1.96. The van der Waals surface area contributed by atoms with E-state index in [1.807, 2.05) is 18.2 Å². The lowest BCUT2D eigenvalue weighted by Crippen LogP contribution is -2.46. The van der Waals surface area contributed by atoms with Crippen molar-refractivity contribution in [2.24, 2.45) is 0 Å². The Morgan fingerprint density at radius 3 is 2.95 bits per heavy atom. The van der Waals surface area contributed by atoms with E-state index in [9.17, 15) is 0 Å². The van der Waals surface area contributed by atoms with Gasteiger partial charge in [0.05, 0.1) is 5.56 Å². The van der Waals surface area contributed by atoms with Gasteiger partial charge in [0, 0.05) is 19.1 Å². The number of likely N-dealkylation sites (N-methyl/N-ethyl adjacent to an activating group) is 1. The summed E-state index contributed by atoms with van der Waals surface area (Å²) in [6, 6.07) is 10.2. The van der Waals surface area contributed by atoms with Gasteiger partial charge < -0.3 is 9.64 Å². The summed E-state index contributed by atoms with van der Waals surface area (Å²) in [7, 11) is 4.29. The molecule has 1 fully saturated rings. The number of nitriles is 1. The van der Waals surface area contributed by atoms with Crippen LogP contribution in [0.15, 0.2) is 24.3 Å². The summed E-state index contributed by atoms with van der Waals surface area (Å²) in [4.78, 5) is 4.75. The molecule has 0 aliphatic carbocycles. The molecular formula is C16H23N3O. The largest absolute Gasteiger partial charge is 0.491 e. The van der Waals surface area contributed by atoms with Crippen LogP contribution in [0.4, 0.5) is 0 Å². The number of para-hydroxylation sites is 1. The molecule has 4 heteroatoms. The van der Waals surface area contributed by atoms with E-state index in [1.54, 1.807) is 6.07 Å². The summed E-state index contributed by atoms with van der Waals surface area (Å²) in [6.45, 7) is 3.81. The fraction of sp³-hybridized carbons (Fsp3) is 0.562. The first-order chi connectivity index (χ1) is 9.70. The third-order valence-electron chi connectivity index (χ3n) is 3.88. The molecule has 0 saturated carbocycles. The van der Waals surface area contributed by atoms with Crippen molar-refractivity contribution >= 4 is 0 Å². The molecule has 0 spiro atoms. The Bertz CT molecular complexity index is 467. The zero-order chi connectivity index (χ0) is 14.4. The van der Waals surface area contributed by atoms with Crippen molar-refractivity contribution in [3.05, 3.63) is 29.8 Å². The molecule has 0 aromatic heterocycles. The number of benzene rings is 1. The SMILES string of the molecule is CN(C)C1CCCN(CCOc2ccccc2C#N)C1. The van der Waals surface area contributed by atoms with Crippen LogP contribution in [-0.4, -0.2) is 56.2 Å². The fourth-order valence-corrected chi connectivity index (χ4v) is 2.63. The van der Waals surface area contributed by atoms with Gasteiger partial charge in [-0.15, -0.1) is 0 Å². The number of nitrogens with zero attached hydrogens (tertiary/aromatic N) is 3. The molecule has 0 N–H and O–H groups in total. The molecule has 20 heavy (non-hydrogen) atoms. The van der Waals surface area contributed by atoms with E-state index in [0.717, 1.165) is 19.6 Å². The highest BCUT2D eigenvalue weighted by atomic mass is 16.5. The van der Waals surface area contributed by atoms with E-state index in [0.29, 0.717) is 24.0 Å². The maximum atomic E-state index is 9.02. The predicted molar refractivity (Wildman–Crippen MR) is 79.8 cm³/mol. The molecule has 0 radical (unpaired) electrons. The van der Waals surface area contributed by atoms with E-state index in [4.69, 9.17) is 10.00 Å². The summed E-state index contributed by atoms with van der Waals surface area (Å²) >= 11 is 0. The molecule has 1 aromatic carbocycles. The second kappa shape index (κ2) is 7.28. The minimum absolute atomic E-state index is 0.609. The average Bonchev–Trinajstić information content (AvgIpc) is 2.48. The molecule has 0 amide bonds. The lowest BCUT2D eigenvalue weighted by atomic mass is 10.1. The van der Waals surface area contributed by atoms with Gasteiger partial charge in [-0.2, -0.15) is 5.26 Å². The van der Waals surface area contributed by atoms with E-state index in [2.05, 4.69) is 30.0 Å².